The smallest absolute Gasteiger partial charge is 0.305 e. The van der Waals surface area contributed by atoms with Crippen molar-refractivity contribution in [2.24, 2.45) is 0 Å². The van der Waals surface area contributed by atoms with E-state index >= 15 is 0 Å². The van der Waals surface area contributed by atoms with E-state index < -0.39 is 38.1 Å². The second-order valence-electron chi connectivity index (χ2n) is 4.88. The van der Waals surface area contributed by atoms with E-state index in [4.69, 9.17) is 5.11 Å². The summed E-state index contributed by atoms with van der Waals surface area (Å²) in [4.78, 5) is 10.1. The first kappa shape index (κ1) is 14.9. The Hall–Kier alpha value is -1.54. The lowest BCUT2D eigenvalue weighted by Crippen LogP contribution is -2.54. The van der Waals surface area contributed by atoms with Gasteiger partial charge in [-0.3, -0.25) is 4.79 Å². The standard InChI is InChI=1S/C12H13F2NO4S/c13-8-2-3-10(9(14)6-8)20(18,19)15-12(4-1-5-12)7-11(16)17/h2-3,6,15H,1,4-5,7H2,(H,16,17). The maximum absolute atomic E-state index is 13.5. The number of benzene rings is 1. The summed E-state index contributed by atoms with van der Waals surface area (Å²) >= 11 is 0. The third-order valence-electron chi connectivity index (χ3n) is 3.33. The molecule has 0 bridgehead atoms. The summed E-state index contributed by atoms with van der Waals surface area (Å²) in [5.74, 6) is -3.22. The van der Waals surface area contributed by atoms with Gasteiger partial charge in [0.05, 0.1) is 6.42 Å². The van der Waals surface area contributed by atoms with Gasteiger partial charge in [0.25, 0.3) is 0 Å². The molecule has 20 heavy (non-hydrogen) atoms. The number of carboxylic acids is 1. The molecule has 2 N–H and O–H groups in total. The number of hydrogen-bond acceptors (Lipinski definition) is 3. The number of carboxylic acid groups (broad SMARTS) is 1. The quantitative estimate of drug-likeness (QED) is 0.866. The predicted molar refractivity (Wildman–Crippen MR) is 65.5 cm³/mol. The fourth-order valence-corrected chi connectivity index (χ4v) is 3.76. The van der Waals surface area contributed by atoms with Gasteiger partial charge in [-0.2, -0.15) is 0 Å². The Morgan fingerprint density at radius 1 is 1.35 bits per heavy atom. The van der Waals surface area contributed by atoms with Crippen LogP contribution in [0.1, 0.15) is 25.7 Å². The molecule has 1 aromatic rings. The van der Waals surface area contributed by atoms with Crippen molar-refractivity contribution in [1.29, 1.82) is 0 Å². The highest BCUT2D eigenvalue weighted by Crippen LogP contribution is 2.36. The van der Waals surface area contributed by atoms with Crippen LogP contribution in [-0.2, 0) is 14.8 Å². The molecular formula is C12H13F2NO4S. The van der Waals surface area contributed by atoms with E-state index in [1.54, 1.807) is 0 Å². The van der Waals surface area contributed by atoms with Crippen molar-refractivity contribution in [2.45, 2.75) is 36.1 Å². The molecule has 1 aliphatic rings. The van der Waals surface area contributed by atoms with Gasteiger partial charge in [-0.15, -0.1) is 0 Å². The molecule has 1 aromatic carbocycles. The SMILES string of the molecule is O=C(O)CC1(NS(=O)(=O)c2ccc(F)cc2F)CCC1. The second kappa shape index (κ2) is 5.10. The zero-order valence-electron chi connectivity index (χ0n) is 10.4. The van der Waals surface area contributed by atoms with Crippen LogP contribution >= 0.6 is 0 Å². The molecular weight excluding hydrogens is 292 g/mol. The molecule has 5 nitrogen and oxygen atoms in total. The molecule has 1 aliphatic carbocycles. The molecule has 0 saturated heterocycles. The molecule has 0 amide bonds. The third kappa shape index (κ3) is 2.96. The van der Waals surface area contributed by atoms with Crippen molar-refractivity contribution < 1.29 is 27.1 Å². The monoisotopic (exact) mass is 305 g/mol. The molecule has 0 radical (unpaired) electrons. The van der Waals surface area contributed by atoms with Crippen molar-refractivity contribution in [2.75, 3.05) is 0 Å². The van der Waals surface area contributed by atoms with E-state index in [2.05, 4.69) is 4.72 Å². The summed E-state index contributed by atoms with van der Waals surface area (Å²) in [5, 5.41) is 8.81. The minimum absolute atomic E-state index is 0.366. The minimum atomic E-state index is -4.23. The molecule has 2 rings (SSSR count). The van der Waals surface area contributed by atoms with Gasteiger partial charge in [0.2, 0.25) is 10.0 Å². The summed E-state index contributed by atoms with van der Waals surface area (Å²) in [5.41, 5.74) is -1.08. The van der Waals surface area contributed by atoms with Crippen LogP contribution < -0.4 is 4.72 Å². The largest absolute Gasteiger partial charge is 0.481 e. The van der Waals surface area contributed by atoms with Crippen LogP contribution in [0.4, 0.5) is 8.78 Å². The van der Waals surface area contributed by atoms with Gasteiger partial charge in [-0.25, -0.2) is 21.9 Å². The van der Waals surface area contributed by atoms with Crippen molar-refractivity contribution in [3.05, 3.63) is 29.8 Å². The summed E-state index contributed by atoms with van der Waals surface area (Å²) in [6, 6.07) is 2.13. The Morgan fingerprint density at radius 3 is 2.45 bits per heavy atom. The molecule has 1 saturated carbocycles. The summed E-state index contributed by atoms with van der Waals surface area (Å²) in [6.45, 7) is 0. The highest BCUT2D eigenvalue weighted by Gasteiger charge is 2.43. The Labute approximate surface area is 114 Å². The van der Waals surface area contributed by atoms with Gasteiger partial charge in [0, 0.05) is 11.6 Å². The molecule has 0 unspecified atom stereocenters. The third-order valence-corrected chi connectivity index (χ3v) is 4.95. The van der Waals surface area contributed by atoms with Crippen LogP contribution in [0.25, 0.3) is 0 Å². The van der Waals surface area contributed by atoms with E-state index in [-0.39, 0.29) is 6.42 Å². The van der Waals surface area contributed by atoms with Crippen LogP contribution in [0.2, 0.25) is 0 Å². The van der Waals surface area contributed by atoms with Crippen molar-refractivity contribution in [3.63, 3.8) is 0 Å². The number of rotatable bonds is 5. The Bertz CT molecular complexity index is 641. The van der Waals surface area contributed by atoms with Gasteiger partial charge in [-0.05, 0) is 31.4 Å². The predicted octanol–water partition coefficient (Wildman–Crippen LogP) is 1.64. The average molecular weight is 305 g/mol. The van der Waals surface area contributed by atoms with Gasteiger partial charge in [-0.1, -0.05) is 0 Å². The topological polar surface area (TPSA) is 83.5 Å². The normalized spacial score (nSPS) is 17.5. The van der Waals surface area contributed by atoms with E-state index in [1.807, 2.05) is 0 Å². The number of nitrogens with one attached hydrogen (secondary N) is 1. The highest BCUT2D eigenvalue weighted by molar-refractivity contribution is 7.89. The van der Waals surface area contributed by atoms with Gasteiger partial charge >= 0.3 is 5.97 Å². The highest BCUT2D eigenvalue weighted by atomic mass is 32.2. The van der Waals surface area contributed by atoms with Crippen molar-refractivity contribution in [3.8, 4) is 0 Å². The van der Waals surface area contributed by atoms with E-state index in [0.717, 1.165) is 12.1 Å². The molecule has 0 heterocycles. The first-order valence-electron chi connectivity index (χ1n) is 5.95. The summed E-state index contributed by atoms with van der Waals surface area (Å²) in [7, 11) is -4.23. The number of carbonyl (C=O) groups is 1. The first-order chi connectivity index (χ1) is 9.24. The maximum atomic E-state index is 13.5. The van der Waals surface area contributed by atoms with Crippen LogP contribution in [0.5, 0.6) is 0 Å². The lowest BCUT2D eigenvalue weighted by atomic mass is 9.75. The number of sulfonamides is 1. The van der Waals surface area contributed by atoms with Crippen LogP contribution in [-0.4, -0.2) is 25.0 Å². The molecule has 8 heteroatoms. The summed E-state index contributed by atoms with van der Waals surface area (Å²) < 4.78 is 52.7. The van der Waals surface area contributed by atoms with Gasteiger partial charge in [0.15, 0.2) is 0 Å². The first-order valence-corrected chi connectivity index (χ1v) is 7.43. The Kier molecular flexibility index (Phi) is 3.79. The lowest BCUT2D eigenvalue weighted by molar-refractivity contribution is -0.139. The number of halogens is 2. The average Bonchev–Trinajstić information content (AvgIpc) is 2.24. The van der Waals surface area contributed by atoms with Gasteiger partial charge < -0.3 is 5.11 Å². The van der Waals surface area contributed by atoms with Crippen molar-refractivity contribution >= 4 is 16.0 Å². The molecule has 1 fully saturated rings. The van der Waals surface area contributed by atoms with Gasteiger partial charge in [0.1, 0.15) is 16.5 Å². The summed E-state index contributed by atoms with van der Waals surface area (Å²) in [6.07, 6.45) is 1.08. The van der Waals surface area contributed by atoms with Crippen molar-refractivity contribution in [1.82, 2.24) is 4.72 Å². The fourth-order valence-electron chi connectivity index (χ4n) is 2.24. The van der Waals surface area contributed by atoms with E-state index in [1.165, 1.54) is 0 Å². The second-order valence-corrected chi connectivity index (χ2v) is 6.54. The van der Waals surface area contributed by atoms with Crippen LogP contribution in [0.15, 0.2) is 23.1 Å². The Morgan fingerprint density at radius 2 is 2.00 bits per heavy atom. The molecule has 0 aliphatic heterocycles. The molecule has 0 aromatic heterocycles. The molecule has 0 spiro atoms. The van der Waals surface area contributed by atoms with E-state index in [0.29, 0.717) is 25.3 Å². The molecule has 110 valence electrons. The number of aliphatic carboxylic acids is 1. The number of hydrogen-bond donors (Lipinski definition) is 2. The zero-order chi connectivity index (χ0) is 15.0. The maximum Gasteiger partial charge on any atom is 0.305 e. The van der Waals surface area contributed by atoms with Crippen LogP contribution in [0.3, 0.4) is 0 Å². The zero-order valence-corrected chi connectivity index (χ0v) is 11.2. The fraction of sp³-hybridized carbons (Fsp3) is 0.417. The van der Waals surface area contributed by atoms with E-state index in [9.17, 15) is 22.0 Å². The lowest BCUT2D eigenvalue weighted by Gasteiger charge is -2.40. The van der Waals surface area contributed by atoms with Crippen LogP contribution in [0, 0.1) is 11.6 Å². The molecule has 0 atom stereocenters. The minimum Gasteiger partial charge on any atom is -0.481 e. The Balaban J connectivity index is 2.29.